The van der Waals surface area contributed by atoms with Gasteiger partial charge in [0.25, 0.3) is 0 Å². The minimum atomic E-state index is -4.64. The molecule has 0 aromatic carbocycles. The van der Waals surface area contributed by atoms with Crippen molar-refractivity contribution < 1.29 is 44.2 Å². The van der Waals surface area contributed by atoms with Crippen molar-refractivity contribution in [2.75, 3.05) is 0 Å². The minimum absolute atomic E-state index is 0.175. The second kappa shape index (κ2) is 29.4. The van der Waals surface area contributed by atoms with Crippen LogP contribution in [0.2, 0.25) is 0 Å². The lowest BCUT2D eigenvalue weighted by Crippen LogP contribution is -2.45. The molecule has 246 valence electrons. The van der Waals surface area contributed by atoms with Crippen molar-refractivity contribution in [3.8, 4) is 0 Å². The Morgan fingerprint density at radius 2 is 0.659 bits per heavy atom. The van der Waals surface area contributed by atoms with Gasteiger partial charge in [0.15, 0.2) is 11.6 Å². The highest BCUT2D eigenvalue weighted by Crippen LogP contribution is 2.25. The molecule has 6 N–H and O–H groups in total. The number of carbonyl (C=O) groups excluding carboxylic acids is 2. The maximum Gasteiger partial charge on any atom is 0.466 e. The molecule has 0 saturated carbocycles. The third-order valence-corrected chi connectivity index (χ3v) is 7.36. The SMILES string of the molecule is CCCCCCCCCCCCCC(=O)C(O)C(O)C(O)C(=O)CCCCCCCCCCCCC.O=P(O)(O)O. The van der Waals surface area contributed by atoms with Gasteiger partial charge in [-0.2, -0.15) is 0 Å². The molecule has 0 aliphatic rings. The predicted molar refractivity (Wildman–Crippen MR) is 164 cm³/mol. The largest absolute Gasteiger partial charge is 0.466 e. The topological polar surface area (TPSA) is 173 Å². The first-order valence-corrected chi connectivity index (χ1v) is 17.9. The molecule has 0 amide bonds. The maximum absolute atomic E-state index is 12.2. The molecule has 0 heterocycles. The van der Waals surface area contributed by atoms with Gasteiger partial charge in [-0.1, -0.05) is 142 Å². The molecule has 0 aromatic rings. The van der Waals surface area contributed by atoms with E-state index < -0.39 is 37.7 Å². The summed E-state index contributed by atoms with van der Waals surface area (Å²) >= 11 is 0. The number of Topliss-reactive ketones (excluding diaryl/α,β-unsaturated/α-hetero) is 2. The van der Waals surface area contributed by atoms with E-state index in [2.05, 4.69) is 13.8 Å². The van der Waals surface area contributed by atoms with Crippen molar-refractivity contribution in [3.63, 3.8) is 0 Å². The number of aliphatic hydroxyl groups is 3. The minimum Gasteiger partial charge on any atom is -0.387 e. The molecule has 0 spiro atoms. The summed E-state index contributed by atoms with van der Waals surface area (Å²) in [6.45, 7) is 4.46. The second-order valence-corrected chi connectivity index (χ2v) is 12.4. The van der Waals surface area contributed by atoms with Crippen LogP contribution in [-0.2, 0) is 14.2 Å². The molecule has 2 unspecified atom stereocenters. The Morgan fingerprint density at radius 3 is 0.878 bits per heavy atom. The fourth-order valence-electron chi connectivity index (χ4n) is 4.78. The summed E-state index contributed by atoms with van der Waals surface area (Å²) in [5.41, 5.74) is 0. The van der Waals surface area contributed by atoms with Crippen molar-refractivity contribution >= 4 is 19.4 Å². The van der Waals surface area contributed by atoms with E-state index in [0.29, 0.717) is 12.8 Å². The van der Waals surface area contributed by atoms with Crippen LogP contribution in [0.1, 0.15) is 168 Å². The molecule has 9 nitrogen and oxygen atoms in total. The van der Waals surface area contributed by atoms with E-state index in [0.717, 1.165) is 25.7 Å². The summed E-state index contributed by atoms with van der Waals surface area (Å²) in [5.74, 6) is -0.972. The first-order chi connectivity index (χ1) is 19.5. The number of carbonyl (C=O) groups is 2. The number of ketones is 2. The molecule has 41 heavy (non-hydrogen) atoms. The highest BCUT2D eigenvalue weighted by Gasteiger charge is 2.33. The molecule has 0 aliphatic carbocycles. The molecule has 0 aromatic heterocycles. The molecule has 0 fully saturated rings. The lowest BCUT2D eigenvalue weighted by atomic mass is 9.95. The van der Waals surface area contributed by atoms with E-state index in [1.165, 1.54) is 103 Å². The number of unbranched alkanes of at least 4 members (excludes halogenated alkanes) is 20. The number of aliphatic hydroxyl groups excluding tert-OH is 3. The van der Waals surface area contributed by atoms with Gasteiger partial charge >= 0.3 is 7.82 Å². The van der Waals surface area contributed by atoms with E-state index in [1.54, 1.807) is 0 Å². The Kier molecular flexibility index (Phi) is 30.5. The molecule has 0 bridgehead atoms. The third kappa shape index (κ3) is 32.1. The fraction of sp³-hybridized carbons (Fsp3) is 0.935. The van der Waals surface area contributed by atoms with Crippen molar-refractivity contribution in [2.45, 2.75) is 186 Å². The zero-order valence-electron chi connectivity index (χ0n) is 26.1. The monoisotopic (exact) mass is 610 g/mol. The summed E-state index contributed by atoms with van der Waals surface area (Å²) in [6, 6.07) is 0. The quantitative estimate of drug-likeness (QED) is 0.0417. The van der Waals surface area contributed by atoms with Crippen LogP contribution in [0.25, 0.3) is 0 Å². The third-order valence-electron chi connectivity index (χ3n) is 7.36. The van der Waals surface area contributed by atoms with Crippen molar-refractivity contribution in [3.05, 3.63) is 0 Å². The average Bonchev–Trinajstić information content (AvgIpc) is 2.92. The first kappa shape index (κ1) is 42.5. The summed E-state index contributed by atoms with van der Waals surface area (Å²) in [7, 11) is -4.64. The Balaban J connectivity index is 0. The van der Waals surface area contributed by atoms with Crippen LogP contribution in [-0.4, -0.2) is 59.9 Å². The summed E-state index contributed by atoms with van der Waals surface area (Å²) in [5, 5.41) is 30.4. The zero-order chi connectivity index (χ0) is 31.4. The van der Waals surface area contributed by atoms with Gasteiger partial charge < -0.3 is 30.0 Å². The van der Waals surface area contributed by atoms with Crippen molar-refractivity contribution in [2.24, 2.45) is 0 Å². The van der Waals surface area contributed by atoms with Crippen LogP contribution in [0.4, 0.5) is 0 Å². The van der Waals surface area contributed by atoms with E-state index in [4.69, 9.17) is 19.2 Å². The van der Waals surface area contributed by atoms with Gasteiger partial charge in [0, 0.05) is 12.8 Å². The van der Waals surface area contributed by atoms with E-state index in [1.807, 2.05) is 0 Å². The van der Waals surface area contributed by atoms with Crippen molar-refractivity contribution in [1.82, 2.24) is 0 Å². The molecule has 10 heteroatoms. The molecule has 0 saturated heterocycles. The van der Waals surface area contributed by atoms with Gasteiger partial charge in [-0.15, -0.1) is 0 Å². The standard InChI is InChI=1S/C31H60O5.H3O4P/c1-3-5-7-9-11-13-15-17-19-21-23-25-27(32)29(34)31(36)30(35)28(33)26-24-22-20-18-16-14-12-10-8-6-4-2;1-5(2,3)4/h29-31,34-36H,3-26H2,1-2H3;(H3,1,2,3,4). The number of hydrogen-bond donors (Lipinski definition) is 6. The van der Waals surface area contributed by atoms with Gasteiger partial charge in [0.05, 0.1) is 0 Å². The Labute approximate surface area is 249 Å². The van der Waals surface area contributed by atoms with Gasteiger partial charge in [0.2, 0.25) is 0 Å². The highest BCUT2D eigenvalue weighted by atomic mass is 31.2. The molecule has 0 radical (unpaired) electrons. The van der Waals surface area contributed by atoms with Crippen LogP contribution in [0.15, 0.2) is 0 Å². The van der Waals surface area contributed by atoms with Gasteiger partial charge in [-0.25, -0.2) is 4.57 Å². The van der Waals surface area contributed by atoms with Crippen LogP contribution < -0.4 is 0 Å². The Morgan fingerprint density at radius 1 is 0.463 bits per heavy atom. The van der Waals surface area contributed by atoms with Gasteiger partial charge in [-0.05, 0) is 12.8 Å². The van der Waals surface area contributed by atoms with E-state index in [-0.39, 0.29) is 12.8 Å². The summed E-state index contributed by atoms with van der Waals surface area (Å²) in [4.78, 5) is 46.0. The van der Waals surface area contributed by atoms with Crippen LogP contribution in [0.5, 0.6) is 0 Å². The average molecular weight is 611 g/mol. The molecule has 0 rings (SSSR count). The lowest BCUT2D eigenvalue weighted by Gasteiger charge is -2.21. The normalized spacial score (nSPS) is 13.8. The molecular weight excluding hydrogens is 547 g/mol. The Bertz CT molecular complexity index is 601. The predicted octanol–water partition coefficient (Wildman–Crippen LogP) is 6.68. The smallest absolute Gasteiger partial charge is 0.387 e. The van der Waals surface area contributed by atoms with Crippen LogP contribution in [0.3, 0.4) is 0 Å². The number of phosphoric acid groups is 1. The zero-order valence-corrected chi connectivity index (χ0v) is 27.0. The summed E-state index contributed by atoms with van der Waals surface area (Å²) < 4.78 is 8.88. The van der Waals surface area contributed by atoms with E-state index in [9.17, 15) is 24.9 Å². The van der Waals surface area contributed by atoms with Crippen LogP contribution >= 0.6 is 7.82 Å². The second-order valence-electron chi connectivity index (χ2n) is 11.4. The first-order valence-electron chi connectivity index (χ1n) is 16.3. The molecule has 0 aliphatic heterocycles. The Hall–Kier alpha value is -0.670. The van der Waals surface area contributed by atoms with Crippen molar-refractivity contribution in [1.29, 1.82) is 0 Å². The highest BCUT2D eigenvalue weighted by molar-refractivity contribution is 7.45. The lowest BCUT2D eigenvalue weighted by molar-refractivity contribution is -0.146. The molecular formula is C31H63O9P. The van der Waals surface area contributed by atoms with E-state index >= 15 is 0 Å². The maximum atomic E-state index is 12.2. The molecule has 2 atom stereocenters. The van der Waals surface area contributed by atoms with Crippen LogP contribution in [0, 0.1) is 0 Å². The van der Waals surface area contributed by atoms with Gasteiger partial charge in [-0.3, -0.25) is 9.59 Å². The number of rotatable bonds is 28. The number of hydrogen-bond acceptors (Lipinski definition) is 6. The summed E-state index contributed by atoms with van der Waals surface area (Å²) in [6.07, 6.45) is 21.1. The van der Waals surface area contributed by atoms with Gasteiger partial charge in [0.1, 0.15) is 18.3 Å². The fourth-order valence-corrected chi connectivity index (χ4v) is 4.78.